The van der Waals surface area contributed by atoms with Gasteiger partial charge in [-0.1, -0.05) is 164 Å². The fourth-order valence-electron chi connectivity index (χ4n) is 10.3. The van der Waals surface area contributed by atoms with E-state index in [9.17, 15) is 0 Å². The predicted octanol–water partition coefficient (Wildman–Crippen LogP) is 16.8. The number of benzene rings is 10. The molecule has 0 aliphatic rings. The van der Waals surface area contributed by atoms with Crippen LogP contribution in [0.15, 0.2) is 237 Å². The molecule has 0 saturated carbocycles. The summed E-state index contributed by atoms with van der Waals surface area (Å²) in [7, 11) is 0. The van der Waals surface area contributed by atoms with Crippen LogP contribution in [-0.2, 0) is 0 Å². The molecule has 0 spiro atoms. The van der Waals surface area contributed by atoms with Gasteiger partial charge in [0.15, 0.2) is 17.5 Å². The smallest absolute Gasteiger partial charge is 0.164 e. The number of nitrogens with zero attached hydrogens (tertiary/aromatic N) is 5. The van der Waals surface area contributed by atoms with Crippen molar-refractivity contribution in [2.45, 2.75) is 0 Å². The molecule has 10 aromatic carbocycles. The Morgan fingerprint density at radius 1 is 0.246 bits per heavy atom. The molecular formula is C63H39N5S. The van der Waals surface area contributed by atoms with E-state index in [4.69, 9.17) is 15.0 Å². The molecule has 14 aromatic rings. The Balaban J connectivity index is 0.936. The molecule has 5 nitrogen and oxygen atoms in total. The van der Waals surface area contributed by atoms with Crippen molar-refractivity contribution in [3.63, 3.8) is 0 Å². The van der Waals surface area contributed by atoms with Gasteiger partial charge in [0.2, 0.25) is 0 Å². The summed E-state index contributed by atoms with van der Waals surface area (Å²) in [6, 6.07) is 84.6. The quantitative estimate of drug-likeness (QED) is 0.160. The molecule has 4 heterocycles. The van der Waals surface area contributed by atoms with Gasteiger partial charge in [-0.3, -0.25) is 0 Å². The van der Waals surface area contributed by atoms with Gasteiger partial charge in [-0.15, -0.1) is 11.3 Å². The average molecular weight is 898 g/mol. The first-order valence-electron chi connectivity index (χ1n) is 23.3. The van der Waals surface area contributed by atoms with Gasteiger partial charge < -0.3 is 9.13 Å². The molecule has 0 bridgehead atoms. The number of hydrogen-bond donors (Lipinski definition) is 0. The van der Waals surface area contributed by atoms with E-state index in [2.05, 4.69) is 246 Å². The van der Waals surface area contributed by atoms with Crippen LogP contribution in [0.25, 0.3) is 132 Å². The lowest BCUT2D eigenvalue weighted by atomic mass is 10.0. The van der Waals surface area contributed by atoms with Crippen LogP contribution in [0.2, 0.25) is 0 Å². The lowest BCUT2D eigenvalue weighted by Crippen LogP contribution is -2.02. The zero-order valence-corrected chi connectivity index (χ0v) is 38.0. The lowest BCUT2D eigenvalue weighted by molar-refractivity contribution is 1.07. The predicted molar refractivity (Wildman–Crippen MR) is 289 cm³/mol. The Labute approximate surface area is 401 Å². The first kappa shape index (κ1) is 39.2. The Hall–Kier alpha value is -8.97. The lowest BCUT2D eigenvalue weighted by Gasteiger charge is -2.13. The highest BCUT2D eigenvalue weighted by molar-refractivity contribution is 7.25. The largest absolute Gasteiger partial charge is 0.309 e. The van der Waals surface area contributed by atoms with Crippen LogP contribution >= 0.6 is 11.3 Å². The van der Waals surface area contributed by atoms with Crippen molar-refractivity contribution in [1.29, 1.82) is 0 Å². The van der Waals surface area contributed by atoms with Crippen LogP contribution in [0.4, 0.5) is 0 Å². The molecule has 322 valence electrons. The third kappa shape index (κ3) is 6.56. The molecule has 0 saturated heterocycles. The molecule has 4 aromatic heterocycles. The maximum absolute atomic E-state index is 5.34. The van der Waals surface area contributed by atoms with E-state index in [0.29, 0.717) is 17.5 Å². The van der Waals surface area contributed by atoms with Gasteiger partial charge in [0.25, 0.3) is 0 Å². The maximum atomic E-state index is 5.34. The Kier molecular flexibility index (Phi) is 9.00. The molecule has 0 aliphatic carbocycles. The van der Waals surface area contributed by atoms with Gasteiger partial charge in [0.05, 0.1) is 22.1 Å². The topological polar surface area (TPSA) is 48.5 Å². The van der Waals surface area contributed by atoms with Gasteiger partial charge in [0.1, 0.15) is 0 Å². The molecule has 0 atom stereocenters. The normalized spacial score (nSPS) is 11.8. The minimum Gasteiger partial charge on any atom is -0.309 e. The molecule has 0 fully saturated rings. The summed E-state index contributed by atoms with van der Waals surface area (Å²) in [6.07, 6.45) is 0. The summed E-state index contributed by atoms with van der Waals surface area (Å²) in [6.45, 7) is 0. The van der Waals surface area contributed by atoms with Crippen LogP contribution in [-0.4, -0.2) is 24.1 Å². The number of para-hydroxylation sites is 2. The zero-order chi connectivity index (χ0) is 45.4. The summed E-state index contributed by atoms with van der Waals surface area (Å²) < 4.78 is 7.18. The monoisotopic (exact) mass is 897 g/mol. The van der Waals surface area contributed by atoms with Crippen LogP contribution in [0.1, 0.15) is 0 Å². The van der Waals surface area contributed by atoms with E-state index in [1.54, 1.807) is 11.3 Å². The molecule has 0 aliphatic heterocycles. The van der Waals surface area contributed by atoms with Crippen LogP contribution in [0, 0.1) is 0 Å². The van der Waals surface area contributed by atoms with Crippen LogP contribution in [0.5, 0.6) is 0 Å². The van der Waals surface area contributed by atoms with Crippen LogP contribution in [0.3, 0.4) is 0 Å². The first-order chi connectivity index (χ1) is 34.2. The fourth-order valence-corrected chi connectivity index (χ4v) is 11.5. The van der Waals surface area contributed by atoms with Crippen molar-refractivity contribution in [2.75, 3.05) is 0 Å². The minimum atomic E-state index is 0.608. The third-order valence-electron chi connectivity index (χ3n) is 13.6. The fraction of sp³-hybridized carbons (Fsp3) is 0. The average Bonchev–Trinajstić information content (AvgIpc) is 4.08. The second-order valence-corrected chi connectivity index (χ2v) is 18.7. The van der Waals surface area contributed by atoms with Crippen LogP contribution < -0.4 is 0 Å². The first-order valence-corrected chi connectivity index (χ1v) is 24.1. The molecule has 0 amide bonds. The molecule has 0 N–H and O–H groups in total. The second kappa shape index (κ2) is 15.8. The Bertz CT molecular complexity index is 4100. The molecule has 0 unspecified atom stereocenters. The summed E-state index contributed by atoms with van der Waals surface area (Å²) in [5, 5.41) is 7.32. The number of hydrogen-bond acceptors (Lipinski definition) is 4. The third-order valence-corrected chi connectivity index (χ3v) is 14.7. The highest BCUT2D eigenvalue weighted by Crippen LogP contribution is 2.40. The zero-order valence-electron chi connectivity index (χ0n) is 37.2. The SMILES string of the molecule is c1ccc(-c2ccc3c(c2)c2ccccc2n3-c2cccc(-c3nc(-c4cccc(-n5c6ccccc6c6cc(-c7ccccc7)ccc65)c4)nc(-c4ccc5c(c4)sc4ccccc45)n3)c2)cc1. The standard InChI is InChI=1S/C63H39N5S/c1-3-15-40(16-4-1)42-30-33-57-53(37-42)49-23-7-10-26-55(49)67(57)47-21-13-19-44(35-47)61-64-62(66-63(65-61)46-29-32-52-51-25-9-12-28-59(51)69-60(52)39-46)45-20-14-22-48(36-45)68-56-27-11-8-24-50(56)54-38-43(31-34-58(54)68)41-17-5-2-6-18-41/h1-39H. The van der Waals surface area contributed by atoms with Crippen molar-refractivity contribution in [1.82, 2.24) is 24.1 Å². The van der Waals surface area contributed by atoms with Crippen molar-refractivity contribution in [3.8, 4) is 67.8 Å². The number of aromatic nitrogens is 5. The second-order valence-electron chi connectivity index (χ2n) is 17.6. The number of thiophene rings is 1. The highest BCUT2D eigenvalue weighted by Gasteiger charge is 2.19. The summed E-state index contributed by atoms with van der Waals surface area (Å²) in [5.41, 5.74) is 14.2. The van der Waals surface area contributed by atoms with Gasteiger partial charge in [-0.2, -0.15) is 0 Å². The molecular weight excluding hydrogens is 859 g/mol. The summed E-state index contributed by atoms with van der Waals surface area (Å²) >= 11 is 1.80. The van der Waals surface area contributed by atoms with Crippen molar-refractivity contribution in [3.05, 3.63) is 237 Å². The van der Waals surface area contributed by atoms with E-state index in [-0.39, 0.29) is 0 Å². The molecule has 69 heavy (non-hydrogen) atoms. The van der Waals surface area contributed by atoms with Gasteiger partial charge in [-0.25, -0.2) is 15.0 Å². The molecule has 14 rings (SSSR count). The van der Waals surface area contributed by atoms with E-state index in [1.165, 1.54) is 64.0 Å². The highest BCUT2D eigenvalue weighted by atomic mass is 32.1. The van der Waals surface area contributed by atoms with Gasteiger partial charge in [0, 0.05) is 69.8 Å². The number of fused-ring (bicyclic) bond motifs is 9. The Morgan fingerprint density at radius 2 is 0.652 bits per heavy atom. The van der Waals surface area contributed by atoms with Crippen molar-refractivity contribution >= 4 is 75.1 Å². The van der Waals surface area contributed by atoms with Gasteiger partial charge >= 0.3 is 0 Å². The maximum Gasteiger partial charge on any atom is 0.164 e. The summed E-state index contributed by atoms with van der Waals surface area (Å²) in [4.78, 5) is 16.0. The Morgan fingerprint density at radius 3 is 1.19 bits per heavy atom. The summed E-state index contributed by atoms with van der Waals surface area (Å²) in [5.74, 6) is 1.84. The van der Waals surface area contributed by atoms with Gasteiger partial charge in [-0.05, 0) is 95.1 Å². The molecule has 0 radical (unpaired) electrons. The minimum absolute atomic E-state index is 0.608. The molecule has 6 heteroatoms. The van der Waals surface area contributed by atoms with E-state index < -0.39 is 0 Å². The van der Waals surface area contributed by atoms with E-state index >= 15 is 0 Å². The number of rotatable bonds is 7. The van der Waals surface area contributed by atoms with E-state index in [0.717, 1.165) is 50.1 Å². The van der Waals surface area contributed by atoms with E-state index in [1.807, 2.05) is 0 Å². The van der Waals surface area contributed by atoms with Crippen molar-refractivity contribution in [2.24, 2.45) is 0 Å². The van der Waals surface area contributed by atoms with Crippen molar-refractivity contribution < 1.29 is 0 Å².